The number of aromatic amines is 1. The van der Waals surface area contributed by atoms with E-state index < -0.39 is 0 Å². The van der Waals surface area contributed by atoms with E-state index in [1.54, 1.807) is 4.68 Å². The van der Waals surface area contributed by atoms with Gasteiger partial charge in [0.05, 0.1) is 0 Å². The Balaban J connectivity index is 2.54. The summed E-state index contributed by atoms with van der Waals surface area (Å²) in [5.41, 5.74) is 2.02. The lowest BCUT2D eigenvalue weighted by atomic mass is 10.1. The van der Waals surface area contributed by atoms with Crippen LogP contribution in [0.25, 0.3) is 11.4 Å². The molecule has 0 spiro atoms. The summed E-state index contributed by atoms with van der Waals surface area (Å²) in [5, 5.41) is 3.82. The third-order valence-corrected chi connectivity index (χ3v) is 2.99. The molecule has 0 unspecified atom stereocenters. The number of aromatic nitrogens is 3. The minimum absolute atomic E-state index is 0.539. The molecule has 1 N–H and O–H groups in total. The monoisotopic (exact) mass is 239 g/mol. The van der Waals surface area contributed by atoms with Gasteiger partial charge in [0.2, 0.25) is 4.77 Å². The van der Waals surface area contributed by atoms with E-state index in [2.05, 4.69) is 10.1 Å². The average Bonchev–Trinajstić information content (AvgIpc) is 2.52. The van der Waals surface area contributed by atoms with Crippen LogP contribution < -0.4 is 0 Å². The minimum atomic E-state index is 0.539. The zero-order chi connectivity index (χ0) is 11.0. The Morgan fingerprint density at radius 3 is 2.73 bits per heavy atom. The van der Waals surface area contributed by atoms with Gasteiger partial charge in [0.25, 0.3) is 0 Å². The van der Waals surface area contributed by atoms with Crippen molar-refractivity contribution < 1.29 is 0 Å². The normalized spacial score (nSPS) is 10.6. The zero-order valence-corrected chi connectivity index (χ0v) is 9.99. The molecule has 78 valence electrons. The molecule has 2 rings (SSSR count). The van der Waals surface area contributed by atoms with Crippen LogP contribution in [0.5, 0.6) is 0 Å². The molecule has 1 aromatic carbocycles. The van der Waals surface area contributed by atoms with Gasteiger partial charge in [-0.2, -0.15) is 4.98 Å². The first kappa shape index (κ1) is 10.4. The van der Waals surface area contributed by atoms with Gasteiger partial charge in [0, 0.05) is 17.6 Å². The standard InChI is InChI=1S/C10H10ClN3S/c1-6-5-7(3-4-8(6)11)9-12-10(15)14(2)13-9/h3-5H,1-2H3,(H,12,13,15). The summed E-state index contributed by atoms with van der Waals surface area (Å²) in [6, 6.07) is 5.76. The van der Waals surface area contributed by atoms with Crippen molar-refractivity contribution in [3.05, 3.63) is 33.6 Å². The molecule has 15 heavy (non-hydrogen) atoms. The first-order chi connectivity index (χ1) is 7.08. The average molecular weight is 240 g/mol. The van der Waals surface area contributed by atoms with Crippen LogP contribution in [0.3, 0.4) is 0 Å². The van der Waals surface area contributed by atoms with Gasteiger partial charge in [-0.3, -0.25) is 9.78 Å². The van der Waals surface area contributed by atoms with Crippen LogP contribution in [0.15, 0.2) is 18.2 Å². The fourth-order valence-electron chi connectivity index (χ4n) is 1.32. The quantitative estimate of drug-likeness (QED) is 0.776. The van der Waals surface area contributed by atoms with E-state index in [4.69, 9.17) is 23.8 Å². The van der Waals surface area contributed by atoms with Crippen LogP contribution in [0.2, 0.25) is 5.02 Å². The molecule has 0 aliphatic heterocycles. The van der Waals surface area contributed by atoms with E-state index >= 15 is 0 Å². The molecule has 0 radical (unpaired) electrons. The number of aryl methyl sites for hydroxylation is 2. The maximum Gasteiger partial charge on any atom is 0.216 e. The maximum atomic E-state index is 5.95. The zero-order valence-electron chi connectivity index (χ0n) is 8.41. The van der Waals surface area contributed by atoms with Crippen LogP contribution >= 0.6 is 23.8 Å². The molecular weight excluding hydrogens is 230 g/mol. The van der Waals surface area contributed by atoms with Gasteiger partial charge >= 0.3 is 0 Å². The summed E-state index contributed by atoms with van der Waals surface area (Å²) < 4.78 is 2.24. The second kappa shape index (κ2) is 3.79. The molecule has 0 fully saturated rings. The van der Waals surface area contributed by atoms with Crippen molar-refractivity contribution in [2.24, 2.45) is 7.05 Å². The van der Waals surface area contributed by atoms with Crippen molar-refractivity contribution in [3.8, 4) is 11.4 Å². The Bertz CT molecular complexity index is 556. The molecule has 5 heteroatoms. The van der Waals surface area contributed by atoms with Crippen LogP contribution in [0.4, 0.5) is 0 Å². The molecule has 0 aliphatic carbocycles. The van der Waals surface area contributed by atoms with E-state index in [-0.39, 0.29) is 0 Å². The molecule has 0 amide bonds. The van der Waals surface area contributed by atoms with Gasteiger partial charge in [-0.15, -0.1) is 0 Å². The second-order valence-corrected chi connectivity index (χ2v) is 4.15. The lowest BCUT2D eigenvalue weighted by Gasteiger charge is -2.00. The van der Waals surface area contributed by atoms with Crippen molar-refractivity contribution in [3.63, 3.8) is 0 Å². The molecule has 0 saturated carbocycles. The Morgan fingerprint density at radius 2 is 2.20 bits per heavy atom. The summed E-state index contributed by atoms with van der Waals surface area (Å²) >= 11 is 11.0. The molecule has 2 aromatic rings. The SMILES string of the molecule is Cc1cc(-c2nc(=S)n(C)[nH]2)ccc1Cl. The molecule has 3 nitrogen and oxygen atoms in total. The van der Waals surface area contributed by atoms with Crippen molar-refractivity contribution in [1.29, 1.82) is 0 Å². The third-order valence-electron chi connectivity index (χ3n) is 2.20. The highest BCUT2D eigenvalue weighted by atomic mass is 35.5. The topological polar surface area (TPSA) is 33.6 Å². The molecular formula is C10H10ClN3S. The molecule has 0 saturated heterocycles. The van der Waals surface area contributed by atoms with Gasteiger partial charge in [-0.05, 0) is 42.9 Å². The van der Waals surface area contributed by atoms with Gasteiger partial charge in [0.1, 0.15) is 0 Å². The van der Waals surface area contributed by atoms with Gasteiger partial charge in [0.15, 0.2) is 5.82 Å². The summed E-state index contributed by atoms with van der Waals surface area (Å²) in [6.07, 6.45) is 0. The number of nitrogens with zero attached hydrogens (tertiary/aromatic N) is 2. The minimum Gasteiger partial charge on any atom is -0.279 e. The van der Waals surface area contributed by atoms with Crippen molar-refractivity contribution in [2.75, 3.05) is 0 Å². The fraction of sp³-hybridized carbons (Fsp3) is 0.200. The molecule has 0 aliphatic rings. The van der Waals surface area contributed by atoms with E-state index in [1.165, 1.54) is 0 Å². The number of hydrogen-bond donors (Lipinski definition) is 1. The number of hydrogen-bond acceptors (Lipinski definition) is 2. The number of rotatable bonds is 1. The second-order valence-electron chi connectivity index (χ2n) is 3.38. The number of H-pyrrole nitrogens is 1. The van der Waals surface area contributed by atoms with E-state index in [9.17, 15) is 0 Å². The van der Waals surface area contributed by atoms with E-state index in [1.807, 2.05) is 32.2 Å². The number of nitrogens with one attached hydrogen (secondary N) is 1. The fourth-order valence-corrected chi connectivity index (χ4v) is 1.58. The largest absolute Gasteiger partial charge is 0.279 e. The smallest absolute Gasteiger partial charge is 0.216 e. The van der Waals surface area contributed by atoms with Gasteiger partial charge < -0.3 is 0 Å². The lowest BCUT2D eigenvalue weighted by molar-refractivity contribution is 0.756. The highest BCUT2D eigenvalue weighted by molar-refractivity contribution is 7.71. The highest BCUT2D eigenvalue weighted by Gasteiger charge is 2.04. The summed E-state index contributed by atoms with van der Waals surface area (Å²) in [4.78, 5) is 4.23. The summed E-state index contributed by atoms with van der Waals surface area (Å²) in [5.74, 6) is 0.766. The number of halogens is 1. The Kier molecular flexibility index (Phi) is 2.63. The summed E-state index contributed by atoms with van der Waals surface area (Å²) in [7, 11) is 1.83. The third kappa shape index (κ3) is 1.96. The number of benzene rings is 1. The Morgan fingerprint density at radius 1 is 1.47 bits per heavy atom. The molecule has 1 heterocycles. The van der Waals surface area contributed by atoms with E-state index in [0.29, 0.717) is 4.77 Å². The highest BCUT2D eigenvalue weighted by Crippen LogP contribution is 2.21. The summed E-state index contributed by atoms with van der Waals surface area (Å²) in [6.45, 7) is 1.96. The van der Waals surface area contributed by atoms with Crippen LogP contribution in [-0.2, 0) is 7.05 Å². The predicted molar refractivity (Wildman–Crippen MR) is 63.6 cm³/mol. The predicted octanol–water partition coefficient (Wildman–Crippen LogP) is 3.11. The molecule has 1 aromatic heterocycles. The lowest BCUT2D eigenvalue weighted by Crippen LogP contribution is -1.89. The van der Waals surface area contributed by atoms with Crippen LogP contribution in [0, 0.1) is 11.7 Å². The van der Waals surface area contributed by atoms with Crippen molar-refractivity contribution in [1.82, 2.24) is 14.8 Å². The van der Waals surface area contributed by atoms with Gasteiger partial charge in [-0.1, -0.05) is 11.6 Å². The first-order valence-corrected chi connectivity index (χ1v) is 5.26. The Hall–Kier alpha value is -1.13. The van der Waals surface area contributed by atoms with Crippen LogP contribution in [0.1, 0.15) is 5.56 Å². The molecule has 0 bridgehead atoms. The van der Waals surface area contributed by atoms with Crippen molar-refractivity contribution >= 4 is 23.8 Å². The maximum absolute atomic E-state index is 5.95. The van der Waals surface area contributed by atoms with Crippen LogP contribution in [-0.4, -0.2) is 14.8 Å². The first-order valence-electron chi connectivity index (χ1n) is 4.47. The Labute approximate surface area is 97.7 Å². The molecule has 0 atom stereocenters. The van der Waals surface area contributed by atoms with Crippen molar-refractivity contribution in [2.45, 2.75) is 6.92 Å². The van der Waals surface area contributed by atoms with Gasteiger partial charge in [-0.25, -0.2) is 0 Å². The van der Waals surface area contributed by atoms with E-state index in [0.717, 1.165) is 22.0 Å².